The molecule has 8 heteroatoms. The number of fused-ring (bicyclic) bond motifs is 1. The summed E-state index contributed by atoms with van der Waals surface area (Å²) < 4.78 is 2.67. The van der Waals surface area contributed by atoms with Crippen LogP contribution in [0.3, 0.4) is 0 Å². The molecule has 2 aromatic heterocycles. The molecule has 0 N–H and O–H groups in total. The number of hydrogen-bond acceptors (Lipinski definition) is 6. The van der Waals surface area contributed by atoms with Crippen molar-refractivity contribution in [2.45, 2.75) is 25.3 Å². The average molecular weight is 328 g/mol. The molecule has 1 aliphatic rings. The number of rotatable bonds is 3. The lowest BCUT2D eigenvalue weighted by molar-refractivity contribution is -0.133. The number of hydrogen-bond donors (Lipinski definition) is 0. The summed E-state index contributed by atoms with van der Waals surface area (Å²) in [5, 5.41) is 12.0. The van der Waals surface area contributed by atoms with Crippen LogP contribution >= 0.6 is 11.3 Å². The minimum Gasteiger partial charge on any atom is -0.340 e. The number of carbonyl (C=O) groups is 1. The van der Waals surface area contributed by atoms with Crippen LogP contribution in [0.5, 0.6) is 0 Å². The maximum atomic E-state index is 12.4. The van der Waals surface area contributed by atoms with E-state index in [9.17, 15) is 4.79 Å². The summed E-state index contributed by atoms with van der Waals surface area (Å²) in [6.45, 7) is 1.71. The fourth-order valence-corrected chi connectivity index (χ4v) is 4.05. The molecule has 0 bridgehead atoms. The number of para-hydroxylation sites is 1. The van der Waals surface area contributed by atoms with Crippen molar-refractivity contribution < 1.29 is 4.79 Å². The summed E-state index contributed by atoms with van der Waals surface area (Å²) in [6.07, 6.45) is 3.54. The monoisotopic (exact) mass is 328 g/mol. The Kier molecular flexibility index (Phi) is 3.74. The molecule has 0 saturated carbocycles. The van der Waals surface area contributed by atoms with Crippen molar-refractivity contribution in [3.63, 3.8) is 0 Å². The molecule has 1 aliphatic heterocycles. The lowest BCUT2D eigenvalue weighted by atomic mass is 9.98. The van der Waals surface area contributed by atoms with Gasteiger partial charge in [0.15, 0.2) is 0 Å². The molecule has 0 spiro atoms. The van der Waals surface area contributed by atoms with Gasteiger partial charge >= 0.3 is 0 Å². The zero-order valence-electron chi connectivity index (χ0n) is 12.5. The van der Waals surface area contributed by atoms with Gasteiger partial charge < -0.3 is 4.90 Å². The van der Waals surface area contributed by atoms with Gasteiger partial charge in [0.2, 0.25) is 5.91 Å². The second kappa shape index (κ2) is 6.04. The van der Waals surface area contributed by atoms with Gasteiger partial charge in [-0.3, -0.25) is 4.79 Å². The Bertz CT molecular complexity index is 781. The van der Waals surface area contributed by atoms with Crippen molar-refractivity contribution in [1.82, 2.24) is 30.1 Å². The molecule has 3 heterocycles. The van der Waals surface area contributed by atoms with E-state index in [2.05, 4.69) is 21.6 Å². The normalized spacial score (nSPS) is 18.4. The molecule has 4 rings (SSSR count). The molecule has 1 amide bonds. The first-order valence-corrected chi connectivity index (χ1v) is 8.45. The fraction of sp³-hybridized carbons (Fsp3) is 0.400. The minimum absolute atomic E-state index is 0.0584. The second-order valence-electron chi connectivity index (χ2n) is 5.71. The number of tetrazole rings is 1. The number of amides is 1. The number of aromatic nitrogens is 5. The molecule has 23 heavy (non-hydrogen) atoms. The van der Waals surface area contributed by atoms with Gasteiger partial charge in [0.05, 0.1) is 15.2 Å². The Morgan fingerprint density at radius 2 is 2.26 bits per heavy atom. The Morgan fingerprint density at radius 1 is 1.35 bits per heavy atom. The molecule has 0 unspecified atom stereocenters. The van der Waals surface area contributed by atoms with Gasteiger partial charge in [-0.2, -0.15) is 0 Å². The van der Waals surface area contributed by atoms with Crippen molar-refractivity contribution in [1.29, 1.82) is 0 Å². The quantitative estimate of drug-likeness (QED) is 0.731. The first kappa shape index (κ1) is 14.3. The summed E-state index contributed by atoms with van der Waals surface area (Å²) >= 11 is 1.74. The highest BCUT2D eigenvalue weighted by Crippen LogP contribution is 2.32. The molecule has 3 aromatic rings. The van der Waals surface area contributed by atoms with E-state index >= 15 is 0 Å². The SMILES string of the molecule is O=C(Cn1cnnn1)N1CCC[C@@H](c2nc3ccccc3s2)C1. The smallest absolute Gasteiger partial charge is 0.244 e. The number of nitrogens with zero attached hydrogens (tertiary/aromatic N) is 6. The second-order valence-corrected chi connectivity index (χ2v) is 6.77. The maximum Gasteiger partial charge on any atom is 0.244 e. The molecular formula is C15H16N6OS. The number of benzene rings is 1. The largest absolute Gasteiger partial charge is 0.340 e. The van der Waals surface area contributed by atoms with Gasteiger partial charge in [-0.15, -0.1) is 16.4 Å². The standard InChI is InChI=1S/C15H16N6OS/c22-14(9-21-10-16-18-19-21)20-7-3-4-11(8-20)15-17-12-5-1-2-6-13(12)23-15/h1-2,5-6,10-11H,3-4,7-9H2/t11-/m1/s1. The van der Waals surface area contributed by atoms with Crippen LogP contribution in [0.15, 0.2) is 30.6 Å². The molecule has 1 aromatic carbocycles. The summed E-state index contributed by atoms with van der Waals surface area (Å²) in [6, 6.07) is 8.18. The lowest BCUT2D eigenvalue weighted by Gasteiger charge is -2.31. The summed E-state index contributed by atoms with van der Waals surface area (Å²) in [7, 11) is 0. The van der Waals surface area contributed by atoms with Crippen LogP contribution in [-0.2, 0) is 11.3 Å². The predicted molar refractivity (Wildman–Crippen MR) is 86.0 cm³/mol. The van der Waals surface area contributed by atoms with E-state index in [1.165, 1.54) is 15.7 Å². The molecule has 1 fully saturated rings. The lowest BCUT2D eigenvalue weighted by Crippen LogP contribution is -2.40. The van der Waals surface area contributed by atoms with E-state index in [1.807, 2.05) is 23.1 Å². The Labute approximate surface area is 136 Å². The molecule has 1 atom stereocenters. The van der Waals surface area contributed by atoms with Gasteiger partial charge in [0.25, 0.3) is 0 Å². The summed E-state index contributed by atoms with van der Waals surface area (Å²) in [5.74, 6) is 0.377. The molecule has 0 aliphatic carbocycles. The van der Waals surface area contributed by atoms with E-state index in [-0.39, 0.29) is 12.5 Å². The third kappa shape index (κ3) is 2.94. The van der Waals surface area contributed by atoms with Crippen LogP contribution in [0.4, 0.5) is 0 Å². The molecular weight excluding hydrogens is 312 g/mol. The highest BCUT2D eigenvalue weighted by molar-refractivity contribution is 7.18. The van der Waals surface area contributed by atoms with Crippen molar-refractivity contribution in [2.75, 3.05) is 13.1 Å². The first-order valence-electron chi connectivity index (χ1n) is 7.63. The van der Waals surface area contributed by atoms with Crippen molar-refractivity contribution in [3.8, 4) is 0 Å². The minimum atomic E-state index is 0.0584. The van der Waals surface area contributed by atoms with Gasteiger partial charge in [0, 0.05) is 19.0 Å². The van der Waals surface area contributed by atoms with Crippen LogP contribution in [0.25, 0.3) is 10.2 Å². The van der Waals surface area contributed by atoms with Gasteiger partial charge in [0.1, 0.15) is 12.9 Å². The molecule has 0 radical (unpaired) electrons. The number of likely N-dealkylation sites (tertiary alicyclic amines) is 1. The van der Waals surface area contributed by atoms with Gasteiger partial charge in [-0.1, -0.05) is 12.1 Å². The van der Waals surface area contributed by atoms with Crippen LogP contribution in [-0.4, -0.2) is 49.1 Å². The summed E-state index contributed by atoms with van der Waals surface area (Å²) in [4.78, 5) is 19.1. The predicted octanol–water partition coefficient (Wildman–Crippen LogP) is 1.69. The van der Waals surface area contributed by atoms with Crippen LogP contribution in [0.2, 0.25) is 0 Å². The number of piperidine rings is 1. The van der Waals surface area contributed by atoms with Crippen LogP contribution < -0.4 is 0 Å². The summed E-state index contributed by atoms with van der Waals surface area (Å²) in [5.41, 5.74) is 1.05. The number of carbonyl (C=O) groups excluding carboxylic acids is 1. The van der Waals surface area contributed by atoms with E-state index in [4.69, 9.17) is 4.98 Å². The van der Waals surface area contributed by atoms with Crippen LogP contribution in [0, 0.1) is 0 Å². The first-order chi connectivity index (χ1) is 11.3. The highest BCUT2D eigenvalue weighted by Gasteiger charge is 2.27. The zero-order valence-corrected chi connectivity index (χ0v) is 13.3. The molecule has 7 nitrogen and oxygen atoms in total. The average Bonchev–Trinajstić information content (AvgIpc) is 3.24. The topological polar surface area (TPSA) is 76.8 Å². The van der Waals surface area contributed by atoms with Gasteiger partial charge in [-0.05, 0) is 35.4 Å². The van der Waals surface area contributed by atoms with Crippen molar-refractivity contribution >= 4 is 27.5 Å². The third-order valence-corrected chi connectivity index (χ3v) is 5.32. The van der Waals surface area contributed by atoms with Crippen LogP contribution in [0.1, 0.15) is 23.8 Å². The van der Waals surface area contributed by atoms with Crippen molar-refractivity contribution in [2.24, 2.45) is 0 Å². The third-order valence-electron chi connectivity index (χ3n) is 4.12. The van der Waals surface area contributed by atoms with E-state index in [0.29, 0.717) is 5.92 Å². The Balaban J connectivity index is 1.49. The Hall–Kier alpha value is -2.35. The fourth-order valence-electron chi connectivity index (χ4n) is 2.96. The van der Waals surface area contributed by atoms with E-state index in [1.54, 1.807) is 11.3 Å². The van der Waals surface area contributed by atoms with Gasteiger partial charge in [-0.25, -0.2) is 9.67 Å². The molecule has 118 valence electrons. The Morgan fingerprint density at radius 3 is 3.09 bits per heavy atom. The highest BCUT2D eigenvalue weighted by atomic mass is 32.1. The maximum absolute atomic E-state index is 12.4. The van der Waals surface area contributed by atoms with E-state index in [0.717, 1.165) is 36.5 Å². The van der Waals surface area contributed by atoms with Crippen molar-refractivity contribution in [3.05, 3.63) is 35.6 Å². The molecule has 1 saturated heterocycles. The van der Waals surface area contributed by atoms with E-state index < -0.39 is 0 Å². The zero-order chi connectivity index (χ0) is 15.6. The number of thiazole rings is 1.